The van der Waals surface area contributed by atoms with E-state index in [4.69, 9.17) is 0 Å². The van der Waals surface area contributed by atoms with Gasteiger partial charge in [0.15, 0.2) is 0 Å². The molecule has 0 saturated heterocycles. The Morgan fingerprint density at radius 2 is 1.20 bits per heavy atom. The number of hydrogen-bond donors (Lipinski definition) is 0. The molecule has 0 rings (SSSR count). The van der Waals surface area contributed by atoms with Crippen LogP contribution in [0.5, 0.6) is 0 Å². The first-order chi connectivity index (χ1) is 2.41. The molecule has 0 spiro atoms. The van der Waals surface area contributed by atoms with Gasteiger partial charge in [0, 0.05) is 31.3 Å². The van der Waals surface area contributed by atoms with Crippen LogP contribution in [0.15, 0.2) is 0 Å². The van der Waals surface area contributed by atoms with Crippen molar-refractivity contribution in [1.29, 1.82) is 0 Å². The zero-order valence-electron chi connectivity index (χ0n) is 3.22. The Labute approximate surface area is 45.5 Å². The predicted octanol–water partition coefficient (Wildman–Crippen LogP) is 1.02. The van der Waals surface area contributed by atoms with E-state index in [9.17, 15) is 0 Å². The molecule has 0 aromatic rings. The normalized spacial score (nSPS) is 3.60. The van der Waals surface area contributed by atoms with Gasteiger partial charge in [-0.1, -0.05) is 13.8 Å². The lowest BCUT2D eigenvalue weighted by Gasteiger charge is -1.07. The van der Waals surface area contributed by atoms with E-state index in [2.05, 4.69) is 22.4 Å². The van der Waals surface area contributed by atoms with Crippen LogP contribution in [0.2, 0.25) is 0 Å². The highest BCUT2D eigenvalue weighted by molar-refractivity contribution is 8.37. The molecule has 0 amide bonds. The van der Waals surface area contributed by atoms with Gasteiger partial charge in [-0.15, -0.1) is 0 Å². The van der Waals surface area contributed by atoms with Gasteiger partial charge in [0.25, 0.3) is 0 Å². The summed E-state index contributed by atoms with van der Waals surface area (Å²) in [5, 5.41) is 0. The molecule has 0 aliphatic rings. The molecule has 0 unspecified atom stereocenters. The van der Waals surface area contributed by atoms with E-state index in [1.165, 1.54) is 0 Å². The zero-order chi connectivity index (χ0) is 4.71. The third kappa shape index (κ3) is 75.7. The standard InChI is InChI=1S/C2H6.S3/c1-2;1-3-2/h1-2H3;. The summed E-state index contributed by atoms with van der Waals surface area (Å²) in [7, 11) is 0.917. The van der Waals surface area contributed by atoms with Crippen LogP contribution in [0.1, 0.15) is 13.8 Å². The topological polar surface area (TPSA) is 0 Å². The Bertz CT molecular complexity index is 25.9. The highest BCUT2D eigenvalue weighted by Crippen LogP contribution is 1.14. The van der Waals surface area contributed by atoms with Crippen molar-refractivity contribution >= 4 is 31.3 Å². The summed E-state index contributed by atoms with van der Waals surface area (Å²) in [6.07, 6.45) is 0. The maximum Gasteiger partial charge on any atom is 0 e. The Morgan fingerprint density at radius 1 is 1.20 bits per heavy atom. The van der Waals surface area contributed by atoms with Crippen molar-refractivity contribution < 1.29 is 0 Å². The summed E-state index contributed by atoms with van der Waals surface area (Å²) in [5.74, 6) is 0. The van der Waals surface area contributed by atoms with Crippen LogP contribution in [0.25, 0.3) is 0 Å². The third-order valence-corrected chi connectivity index (χ3v) is 0. The number of hydrogen-bond acceptors (Lipinski definition) is 2. The van der Waals surface area contributed by atoms with Crippen LogP contribution in [0.4, 0.5) is 0 Å². The second-order valence-corrected chi connectivity index (χ2v) is 1.84. The van der Waals surface area contributed by atoms with Gasteiger partial charge in [0.2, 0.25) is 0 Å². The lowest BCUT2D eigenvalue weighted by atomic mass is 11.0. The first kappa shape index (κ1) is 9.18. The monoisotopic (exact) mass is 126 g/mol. The van der Waals surface area contributed by atoms with Crippen molar-refractivity contribution in [2.45, 2.75) is 13.8 Å². The second-order valence-electron chi connectivity index (χ2n) is 0.0680. The van der Waals surface area contributed by atoms with Gasteiger partial charge in [-0.25, -0.2) is 0 Å². The summed E-state index contributed by atoms with van der Waals surface area (Å²) in [6.45, 7) is 4.00. The van der Waals surface area contributed by atoms with Crippen molar-refractivity contribution in [3.05, 3.63) is 0 Å². The van der Waals surface area contributed by atoms with Crippen molar-refractivity contribution in [2.24, 2.45) is 0 Å². The predicted molar refractivity (Wildman–Crippen MR) is 33.4 cm³/mol. The maximum absolute atomic E-state index is 4.12. The highest BCUT2D eigenvalue weighted by atomic mass is 33.1. The van der Waals surface area contributed by atoms with Gasteiger partial charge in [0.05, 0.1) is 0 Å². The Kier molecular flexibility index (Phi) is 41.6. The van der Waals surface area contributed by atoms with E-state index in [-0.39, 0.29) is 0 Å². The van der Waals surface area contributed by atoms with E-state index >= 15 is 0 Å². The maximum atomic E-state index is 4.12. The van der Waals surface area contributed by atoms with Crippen LogP contribution < -0.4 is 0 Å². The molecule has 0 aromatic carbocycles. The van der Waals surface area contributed by atoms with Gasteiger partial charge in [-0.2, -0.15) is 0 Å². The van der Waals surface area contributed by atoms with Crippen LogP contribution in [0, 0.1) is 0 Å². The smallest absolute Gasteiger partial charge is 0 e. The Hall–Kier alpha value is 0.660. The van der Waals surface area contributed by atoms with Crippen LogP contribution in [-0.4, -0.2) is 0 Å². The van der Waals surface area contributed by atoms with E-state index in [1.54, 1.807) is 0 Å². The van der Waals surface area contributed by atoms with Crippen LogP contribution in [-0.2, 0) is 31.3 Å². The average molecular weight is 126 g/mol. The minimum atomic E-state index is 0.917. The van der Waals surface area contributed by atoms with Crippen molar-refractivity contribution in [3.8, 4) is 0 Å². The second kappa shape index (κ2) is 22.7. The van der Waals surface area contributed by atoms with Crippen LogP contribution in [0.3, 0.4) is 0 Å². The fourth-order valence-electron chi connectivity index (χ4n) is 0. The summed E-state index contributed by atoms with van der Waals surface area (Å²) in [4.78, 5) is 0. The molecule has 0 atom stereocenters. The molecule has 0 saturated carbocycles. The fraction of sp³-hybridized carbons (Fsp3) is 1.00. The van der Waals surface area contributed by atoms with E-state index < -0.39 is 0 Å². The lowest BCUT2D eigenvalue weighted by molar-refractivity contribution is 1.50. The molecule has 0 heterocycles. The molecule has 0 aromatic heterocycles. The Morgan fingerprint density at radius 3 is 1.20 bits per heavy atom. The highest BCUT2D eigenvalue weighted by Gasteiger charge is 1.00. The van der Waals surface area contributed by atoms with Crippen molar-refractivity contribution in [3.63, 3.8) is 0 Å². The van der Waals surface area contributed by atoms with Gasteiger partial charge >= 0.3 is 0 Å². The average Bonchev–Trinajstić information content (AvgIpc) is 1.46. The SMILES string of the molecule is CC.S=S=S. The molecule has 0 N–H and O–H groups in total. The molecule has 0 nitrogen and oxygen atoms in total. The molecule has 0 radical (unpaired) electrons. The van der Waals surface area contributed by atoms with Gasteiger partial charge in [-0.3, -0.25) is 0 Å². The first-order valence-corrected chi connectivity index (χ1v) is 4.00. The van der Waals surface area contributed by atoms with E-state index in [0.717, 1.165) is 8.88 Å². The minimum absolute atomic E-state index is 0.917. The third-order valence-electron chi connectivity index (χ3n) is 0. The molecule has 0 fully saturated rings. The largest absolute Gasteiger partial charge is 0.0683 e. The van der Waals surface area contributed by atoms with E-state index in [0.29, 0.717) is 0 Å². The molecular weight excluding hydrogens is 120 g/mol. The molecule has 0 aliphatic carbocycles. The lowest BCUT2D eigenvalue weighted by Crippen LogP contribution is -1.00. The van der Waals surface area contributed by atoms with E-state index in [1.807, 2.05) is 13.8 Å². The first-order valence-electron chi connectivity index (χ1n) is 1.33. The van der Waals surface area contributed by atoms with Gasteiger partial charge in [-0.05, 0) is 0 Å². The van der Waals surface area contributed by atoms with Crippen molar-refractivity contribution in [2.75, 3.05) is 0 Å². The zero-order valence-corrected chi connectivity index (χ0v) is 5.67. The van der Waals surface area contributed by atoms with Crippen molar-refractivity contribution in [1.82, 2.24) is 0 Å². The summed E-state index contributed by atoms with van der Waals surface area (Å²) in [6, 6.07) is 0. The van der Waals surface area contributed by atoms with Gasteiger partial charge in [0.1, 0.15) is 0 Å². The fourth-order valence-corrected chi connectivity index (χ4v) is 0. The van der Waals surface area contributed by atoms with Gasteiger partial charge < -0.3 is 0 Å². The molecule has 0 bridgehead atoms. The van der Waals surface area contributed by atoms with Crippen LogP contribution >= 0.6 is 0 Å². The Balaban J connectivity index is 0. The molecule has 0 aliphatic heterocycles. The minimum Gasteiger partial charge on any atom is -0.0683 e. The summed E-state index contributed by atoms with van der Waals surface area (Å²) >= 11 is 8.25. The molecular formula is C2H6S3. The molecule has 3 heteroatoms. The summed E-state index contributed by atoms with van der Waals surface area (Å²) in [5.41, 5.74) is 0. The summed E-state index contributed by atoms with van der Waals surface area (Å²) < 4.78 is 0. The molecule has 5 heavy (non-hydrogen) atoms. The quantitative estimate of drug-likeness (QED) is 0.475. The molecule has 32 valence electrons. The number of rotatable bonds is 0.